The summed E-state index contributed by atoms with van der Waals surface area (Å²) in [7, 11) is 3.17. The van der Waals surface area contributed by atoms with Crippen molar-refractivity contribution < 1.29 is 23.8 Å². The van der Waals surface area contributed by atoms with Gasteiger partial charge in [0.1, 0.15) is 11.5 Å². The largest absolute Gasteiger partial charge is 0.497 e. The summed E-state index contributed by atoms with van der Waals surface area (Å²) >= 11 is 1.45. The number of carbonyl (C=O) groups is 2. The number of rotatable bonds is 9. The lowest BCUT2D eigenvalue weighted by molar-refractivity contribution is -0.139. The average molecular weight is 474 g/mol. The molecule has 0 fully saturated rings. The zero-order chi connectivity index (χ0) is 24.1. The molecule has 0 aromatic heterocycles. The molecule has 1 aromatic carbocycles. The summed E-state index contributed by atoms with van der Waals surface area (Å²) in [6.07, 6.45) is 0.206. The van der Waals surface area contributed by atoms with Crippen LogP contribution in [0.25, 0.3) is 0 Å². The first-order valence-electron chi connectivity index (χ1n) is 11.0. The smallest absolute Gasteiger partial charge is 0.338 e. The third kappa shape index (κ3) is 4.88. The van der Waals surface area contributed by atoms with Crippen molar-refractivity contribution in [2.24, 2.45) is 4.99 Å². The van der Waals surface area contributed by atoms with Crippen molar-refractivity contribution in [1.82, 2.24) is 9.80 Å². The normalized spacial score (nSPS) is 17.3. The van der Waals surface area contributed by atoms with Crippen LogP contribution in [0.4, 0.5) is 0 Å². The van der Waals surface area contributed by atoms with Crippen molar-refractivity contribution in [3.63, 3.8) is 0 Å². The number of methoxy groups -OCH3 is 2. The van der Waals surface area contributed by atoms with Gasteiger partial charge in [0.05, 0.1) is 44.6 Å². The second kappa shape index (κ2) is 10.8. The lowest BCUT2D eigenvalue weighted by Gasteiger charge is -2.37. The predicted molar refractivity (Wildman–Crippen MR) is 129 cm³/mol. The number of fused-ring (bicyclic) bond motifs is 1. The van der Waals surface area contributed by atoms with Gasteiger partial charge in [0.2, 0.25) is 5.91 Å². The molecule has 0 saturated carbocycles. The molecule has 8 nitrogen and oxygen atoms in total. The van der Waals surface area contributed by atoms with Gasteiger partial charge >= 0.3 is 5.97 Å². The number of amidine groups is 1. The quantitative estimate of drug-likeness (QED) is 0.500. The predicted octanol–water partition coefficient (Wildman–Crippen LogP) is 4.10. The van der Waals surface area contributed by atoms with Crippen molar-refractivity contribution in [2.75, 3.05) is 33.9 Å². The molecule has 0 radical (unpaired) electrons. The Morgan fingerprint density at radius 2 is 1.88 bits per heavy atom. The van der Waals surface area contributed by atoms with Gasteiger partial charge in [0.15, 0.2) is 5.17 Å². The maximum Gasteiger partial charge on any atom is 0.338 e. The summed E-state index contributed by atoms with van der Waals surface area (Å²) < 4.78 is 16.4. The minimum Gasteiger partial charge on any atom is -0.497 e. The zero-order valence-corrected chi connectivity index (χ0v) is 20.8. The zero-order valence-electron chi connectivity index (χ0n) is 20.0. The van der Waals surface area contributed by atoms with Crippen molar-refractivity contribution >= 4 is 28.8 Å². The van der Waals surface area contributed by atoms with Crippen LogP contribution >= 0.6 is 11.8 Å². The van der Waals surface area contributed by atoms with Crippen LogP contribution in [0.5, 0.6) is 11.5 Å². The Morgan fingerprint density at radius 3 is 2.48 bits per heavy atom. The van der Waals surface area contributed by atoms with E-state index in [2.05, 4.69) is 4.99 Å². The second-order valence-electron chi connectivity index (χ2n) is 7.46. The molecule has 0 spiro atoms. The van der Waals surface area contributed by atoms with E-state index in [-0.39, 0.29) is 18.9 Å². The third-order valence-electron chi connectivity index (χ3n) is 5.68. The summed E-state index contributed by atoms with van der Waals surface area (Å²) in [6.45, 7) is 9.02. The van der Waals surface area contributed by atoms with E-state index in [9.17, 15) is 9.59 Å². The molecule has 0 bridgehead atoms. The van der Waals surface area contributed by atoms with Gasteiger partial charge in [0, 0.05) is 30.4 Å². The second-order valence-corrected chi connectivity index (χ2v) is 8.30. The third-order valence-corrected chi connectivity index (χ3v) is 6.57. The van der Waals surface area contributed by atoms with Gasteiger partial charge < -0.3 is 24.0 Å². The molecule has 2 heterocycles. The fourth-order valence-electron chi connectivity index (χ4n) is 4.02. The Bertz CT molecular complexity index is 1010. The molecule has 2 aliphatic heterocycles. The first-order valence-corrected chi connectivity index (χ1v) is 11.9. The number of allylic oxidation sites excluding steroid dienone is 1. The van der Waals surface area contributed by atoms with Crippen molar-refractivity contribution in [2.45, 2.75) is 40.2 Å². The molecular formula is C24H31N3O5S. The summed E-state index contributed by atoms with van der Waals surface area (Å²) in [5, 5.41) is 2.65. The molecule has 2 aliphatic rings. The van der Waals surface area contributed by atoms with Gasteiger partial charge in [-0.25, -0.2) is 9.79 Å². The van der Waals surface area contributed by atoms with Crippen LogP contribution in [-0.2, 0) is 14.3 Å². The number of carbonyl (C=O) groups excluding carboxylic acids is 2. The molecule has 0 saturated heterocycles. The fourth-order valence-corrected chi connectivity index (χ4v) is 4.99. The van der Waals surface area contributed by atoms with Gasteiger partial charge in [-0.15, -0.1) is 0 Å². The molecule has 178 valence electrons. The monoisotopic (exact) mass is 473 g/mol. The van der Waals surface area contributed by atoms with E-state index in [0.29, 0.717) is 41.0 Å². The van der Waals surface area contributed by atoms with E-state index >= 15 is 0 Å². The lowest BCUT2D eigenvalue weighted by atomic mass is 9.93. The molecule has 0 N–H and O–H groups in total. The van der Waals surface area contributed by atoms with Gasteiger partial charge in [-0.2, -0.15) is 0 Å². The Labute approximate surface area is 199 Å². The summed E-state index contributed by atoms with van der Waals surface area (Å²) in [5.74, 6) is 0.799. The van der Waals surface area contributed by atoms with E-state index < -0.39 is 12.0 Å². The Hall–Kier alpha value is -2.94. The first-order chi connectivity index (χ1) is 15.9. The van der Waals surface area contributed by atoms with E-state index in [0.717, 1.165) is 11.3 Å². The van der Waals surface area contributed by atoms with Crippen LogP contribution in [0.15, 0.2) is 45.6 Å². The Morgan fingerprint density at radius 1 is 1.15 bits per heavy atom. The van der Waals surface area contributed by atoms with E-state index in [4.69, 9.17) is 14.2 Å². The molecular weight excluding hydrogens is 442 g/mol. The summed E-state index contributed by atoms with van der Waals surface area (Å²) in [5.41, 5.74) is 2.55. The minimum absolute atomic E-state index is 0.0255. The highest BCUT2D eigenvalue weighted by atomic mass is 32.2. The van der Waals surface area contributed by atoms with Crippen molar-refractivity contribution in [3.8, 4) is 11.5 Å². The topological polar surface area (TPSA) is 80.7 Å². The number of hydrogen-bond donors (Lipinski definition) is 0. The van der Waals surface area contributed by atoms with Gasteiger partial charge in [-0.1, -0.05) is 11.8 Å². The highest BCUT2D eigenvalue weighted by molar-refractivity contribution is 8.16. The Kier molecular flexibility index (Phi) is 8.07. The average Bonchev–Trinajstić information content (AvgIpc) is 3.20. The number of amides is 1. The molecule has 3 rings (SSSR count). The summed E-state index contributed by atoms with van der Waals surface area (Å²) in [6, 6.07) is 4.94. The minimum atomic E-state index is -0.553. The first kappa shape index (κ1) is 24.7. The van der Waals surface area contributed by atoms with E-state index in [1.807, 2.05) is 36.3 Å². The number of nitrogens with zero attached hydrogens (tertiary/aromatic N) is 3. The molecule has 33 heavy (non-hydrogen) atoms. The highest BCUT2D eigenvalue weighted by Crippen LogP contribution is 2.47. The summed E-state index contributed by atoms with van der Waals surface area (Å²) in [4.78, 5) is 34.4. The molecule has 0 aliphatic carbocycles. The maximum absolute atomic E-state index is 13.1. The van der Waals surface area contributed by atoms with Crippen LogP contribution in [0.1, 0.15) is 45.7 Å². The number of esters is 1. The standard InChI is InChI=1S/C24H31N3O5S/c1-7-26(8-2)20(28)12-16-14-33-24-25-15(4)21(23(29)32-9-3)22(27(16)24)18-11-10-17(30-5)13-19(18)31-6/h10-11,13-14,22H,7-9,12H2,1-6H3. The number of thioether (sulfide) groups is 1. The van der Waals surface area contributed by atoms with Crippen LogP contribution in [0, 0.1) is 0 Å². The molecule has 1 unspecified atom stereocenters. The van der Waals surface area contributed by atoms with Crippen LogP contribution in [0.2, 0.25) is 0 Å². The molecule has 1 amide bonds. The van der Waals surface area contributed by atoms with E-state index in [1.165, 1.54) is 11.8 Å². The number of ether oxygens (including phenoxy) is 3. The van der Waals surface area contributed by atoms with E-state index in [1.54, 1.807) is 39.0 Å². The highest BCUT2D eigenvalue weighted by Gasteiger charge is 2.42. The van der Waals surface area contributed by atoms with Crippen LogP contribution < -0.4 is 9.47 Å². The van der Waals surface area contributed by atoms with Crippen molar-refractivity contribution in [3.05, 3.63) is 46.1 Å². The number of aliphatic imine (C=N–C) groups is 1. The Balaban J connectivity index is 2.12. The van der Waals surface area contributed by atoms with Gasteiger partial charge in [0.25, 0.3) is 0 Å². The maximum atomic E-state index is 13.1. The molecule has 1 atom stereocenters. The fraction of sp³-hybridized carbons (Fsp3) is 0.458. The van der Waals surface area contributed by atoms with Crippen molar-refractivity contribution in [1.29, 1.82) is 0 Å². The SMILES string of the molecule is CCOC(=O)C1=C(C)N=C2SC=C(CC(=O)N(CC)CC)N2C1c1ccc(OC)cc1OC. The van der Waals surface area contributed by atoms with Crippen LogP contribution in [-0.4, -0.2) is 60.8 Å². The number of hydrogen-bond acceptors (Lipinski definition) is 8. The lowest BCUT2D eigenvalue weighted by Crippen LogP contribution is -2.39. The molecule has 9 heteroatoms. The number of benzene rings is 1. The molecule has 1 aromatic rings. The van der Waals surface area contributed by atoms with Gasteiger partial charge in [-0.3, -0.25) is 4.79 Å². The van der Waals surface area contributed by atoms with Gasteiger partial charge in [-0.05, 0) is 45.2 Å². The van der Waals surface area contributed by atoms with Crippen LogP contribution in [0.3, 0.4) is 0 Å².